The second-order valence-corrected chi connectivity index (χ2v) is 5.30. The van der Waals surface area contributed by atoms with Crippen molar-refractivity contribution < 1.29 is 4.39 Å². The highest BCUT2D eigenvalue weighted by Crippen LogP contribution is 2.31. The van der Waals surface area contributed by atoms with Gasteiger partial charge in [0.15, 0.2) is 0 Å². The highest BCUT2D eigenvalue weighted by Gasteiger charge is 2.37. The topological polar surface area (TPSA) is 19.4 Å². The zero-order valence-electron chi connectivity index (χ0n) is 9.74. The Balaban J connectivity index is 1.84. The van der Waals surface area contributed by atoms with Crippen LogP contribution in [-0.4, -0.2) is 42.1 Å². The first-order valence-electron chi connectivity index (χ1n) is 5.94. The average Bonchev–Trinajstić information content (AvgIpc) is 2.55. The molecule has 2 aliphatic rings. The van der Waals surface area contributed by atoms with E-state index in [2.05, 4.69) is 21.8 Å². The minimum Gasteiger partial charge on any atom is -0.353 e. The smallest absolute Gasteiger partial charge is 0.233 e. The number of hydrogen-bond donors (Lipinski definition) is 0. The van der Waals surface area contributed by atoms with Gasteiger partial charge in [0.1, 0.15) is 5.82 Å². The van der Waals surface area contributed by atoms with Gasteiger partial charge in [0, 0.05) is 25.2 Å². The van der Waals surface area contributed by atoms with Crippen LogP contribution in [0.1, 0.15) is 12.8 Å². The molecule has 2 saturated heterocycles. The molecular formula is C12H15ClFN3. The zero-order valence-corrected chi connectivity index (χ0v) is 10.5. The van der Waals surface area contributed by atoms with E-state index >= 15 is 0 Å². The van der Waals surface area contributed by atoms with Crippen molar-refractivity contribution >= 4 is 17.4 Å². The summed E-state index contributed by atoms with van der Waals surface area (Å²) in [6.07, 6.45) is 2.46. The van der Waals surface area contributed by atoms with Crippen molar-refractivity contribution in [2.45, 2.75) is 24.9 Å². The Morgan fingerprint density at radius 2 is 1.94 bits per heavy atom. The fourth-order valence-electron chi connectivity index (χ4n) is 2.88. The fourth-order valence-corrected chi connectivity index (χ4v) is 2.99. The van der Waals surface area contributed by atoms with Gasteiger partial charge < -0.3 is 4.90 Å². The summed E-state index contributed by atoms with van der Waals surface area (Å²) in [4.78, 5) is 8.53. The molecule has 0 radical (unpaired) electrons. The zero-order chi connectivity index (χ0) is 12.0. The Hall–Kier alpha value is -0.870. The SMILES string of the molecule is CN1C2CC[C@@H]1CN(c1ccc(Cl)c(F)n1)C2. The molecule has 2 atom stereocenters. The maximum atomic E-state index is 13.3. The van der Waals surface area contributed by atoms with Gasteiger partial charge in [0.05, 0.1) is 5.02 Å². The van der Waals surface area contributed by atoms with Gasteiger partial charge in [0.2, 0.25) is 5.95 Å². The van der Waals surface area contributed by atoms with Gasteiger partial charge in [-0.1, -0.05) is 11.6 Å². The molecule has 0 aliphatic carbocycles. The van der Waals surface area contributed by atoms with Crippen molar-refractivity contribution in [3.63, 3.8) is 0 Å². The summed E-state index contributed by atoms with van der Waals surface area (Å²) in [6, 6.07) is 4.54. The molecule has 1 aromatic heterocycles. The normalized spacial score (nSPS) is 28.8. The second-order valence-electron chi connectivity index (χ2n) is 4.90. The van der Waals surface area contributed by atoms with E-state index in [1.54, 1.807) is 12.1 Å². The molecule has 2 aliphatic heterocycles. The number of hydrogen-bond acceptors (Lipinski definition) is 3. The van der Waals surface area contributed by atoms with Crippen LogP contribution in [0.3, 0.4) is 0 Å². The predicted octanol–water partition coefficient (Wildman–Crippen LogP) is 2.16. The first-order chi connectivity index (χ1) is 8.15. The Morgan fingerprint density at radius 3 is 2.53 bits per heavy atom. The van der Waals surface area contributed by atoms with E-state index in [1.807, 2.05) is 0 Å². The number of fused-ring (bicyclic) bond motifs is 2. The van der Waals surface area contributed by atoms with Gasteiger partial charge >= 0.3 is 0 Å². The summed E-state index contributed by atoms with van der Waals surface area (Å²) in [5, 5.41) is 0.0887. The number of anilines is 1. The Bertz CT molecular complexity index is 426. The van der Waals surface area contributed by atoms with Crippen LogP contribution < -0.4 is 4.90 Å². The van der Waals surface area contributed by atoms with Crippen molar-refractivity contribution in [2.75, 3.05) is 25.0 Å². The van der Waals surface area contributed by atoms with E-state index in [4.69, 9.17) is 11.6 Å². The Morgan fingerprint density at radius 1 is 1.29 bits per heavy atom. The third-order valence-corrected chi connectivity index (χ3v) is 4.24. The molecule has 0 amide bonds. The first kappa shape index (κ1) is 11.2. The molecular weight excluding hydrogens is 241 g/mol. The molecule has 3 heterocycles. The molecule has 0 spiro atoms. The van der Waals surface area contributed by atoms with Crippen molar-refractivity contribution in [3.05, 3.63) is 23.1 Å². The van der Waals surface area contributed by atoms with E-state index in [-0.39, 0.29) is 5.02 Å². The van der Waals surface area contributed by atoms with E-state index in [0.717, 1.165) is 13.1 Å². The second kappa shape index (κ2) is 4.10. The number of likely N-dealkylation sites (N-methyl/N-ethyl adjacent to an activating group) is 1. The van der Waals surface area contributed by atoms with Crippen molar-refractivity contribution in [3.8, 4) is 0 Å². The van der Waals surface area contributed by atoms with Gasteiger partial charge in [-0.3, -0.25) is 4.90 Å². The molecule has 92 valence electrons. The van der Waals surface area contributed by atoms with Crippen LogP contribution in [0.5, 0.6) is 0 Å². The molecule has 1 unspecified atom stereocenters. The molecule has 0 N–H and O–H groups in total. The number of aromatic nitrogens is 1. The van der Waals surface area contributed by atoms with Crippen LogP contribution in [0.25, 0.3) is 0 Å². The summed E-state index contributed by atoms with van der Waals surface area (Å²) >= 11 is 5.65. The summed E-state index contributed by atoms with van der Waals surface area (Å²) in [6.45, 7) is 1.86. The molecule has 17 heavy (non-hydrogen) atoms. The summed E-state index contributed by atoms with van der Waals surface area (Å²) in [7, 11) is 2.18. The maximum Gasteiger partial charge on any atom is 0.233 e. The molecule has 3 nitrogen and oxygen atoms in total. The standard InChI is InChI=1S/C12H15ClFN3/c1-16-8-2-3-9(16)7-17(6-8)11-5-4-10(13)12(14)15-11/h4-5,8-9H,2-3,6-7H2,1H3/t8-,9?/m1/s1. The lowest BCUT2D eigenvalue weighted by molar-refractivity contribution is 0.211. The lowest BCUT2D eigenvalue weighted by Gasteiger charge is -2.39. The quantitative estimate of drug-likeness (QED) is 0.717. The van der Waals surface area contributed by atoms with Gasteiger partial charge in [-0.2, -0.15) is 4.39 Å². The fraction of sp³-hybridized carbons (Fsp3) is 0.583. The van der Waals surface area contributed by atoms with Crippen molar-refractivity contribution in [1.82, 2.24) is 9.88 Å². The number of halogens is 2. The number of pyridine rings is 1. The third kappa shape index (κ3) is 1.89. The number of piperazine rings is 1. The average molecular weight is 256 g/mol. The molecule has 1 aromatic rings. The van der Waals surface area contributed by atoms with E-state index < -0.39 is 5.95 Å². The van der Waals surface area contributed by atoms with Gasteiger partial charge in [-0.05, 0) is 32.0 Å². The van der Waals surface area contributed by atoms with Crippen molar-refractivity contribution in [1.29, 1.82) is 0 Å². The lowest BCUT2D eigenvalue weighted by atomic mass is 10.2. The van der Waals surface area contributed by atoms with Crippen LogP contribution in [-0.2, 0) is 0 Å². The molecule has 0 aromatic carbocycles. The molecule has 0 saturated carbocycles. The molecule has 5 heteroatoms. The largest absolute Gasteiger partial charge is 0.353 e. The van der Waals surface area contributed by atoms with Crippen molar-refractivity contribution in [2.24, 2.45) is 0 Å². The Kier molecular flexibility index (Phi) is 2.71. The minimum absolute atomic E-state index is 0.0887. The molecule has 3 rings (SSSR count). The molecule has 2 fully saturated rings. The monoisotopic (exact) mass is 255 g/mol. The number of rotatable bonds is 1. The first-order valence-corrected chi connectivity index (χ1v) is 6.32. The van der Waals surface area contributed by atoms with E-state index in [0.29, 0.717) is 17.9 Å². The van der Waals surface area contributed by atoms with Gasteiger partial charge in [0.25, 0.3) is 0 Å². The van der Waals surface area contributed by atoms with Gasteiger partial charge in [-0.25, -0.2) is 4.98 Å². The van der Waals surface area contributed by atoms with Gasteiger partial charge in [-0.15, -0.1) is 0 Å². The number of nitrogens with zero attached hydrogens (tertiary/aromatic N) is 3. The highest BCUT2D eigenvalue weighted by molar-refractivity contribution is 6.30. The van der Waals surface area contributed by atoms with E-state index in [1.165, 1.54) is 12.8 Å². The van der Waals surface area contributed by atoms with Crippen LogP contribution in [0.15, 0.2) is 12.1 Å². The summed E-state index contributed by atoms with van der Waals surface area (Å²) in [5.41, 5.74) is 0. The molecule has 2 bridgehead atoms. The van der Waals surface area contributed by atoms with Crippen LogP contribution in [0.4, 0.5) is 10.2 Å². The third-order valence-electron chi connectivity index (χ3n) is 3.96. The maximum absolute atomic E-state index is 13.3. The predicted molar refractivity (Wildman–Crippen MR) is 66.0 cm³/mol. The Labute approximate surface area is 105 Å². The van der Waals surface area contributed by atoms with Crippen LogP contribution in [0, 0.1) is 5.95 Å². The van der Waals surface area contributed by atoms with E-state index in [9.17, 15) is 4.39 Å². The summed E-state index contributed by atoms with van der Waals surface area (Å²) in [5.74, 6) is 0.132. The van der Waals surface area contributed by atoms with Crippen LogP contribution >= 0.6 is 11.6 Å². The highest BCUT2D eigenvalue weighted by atomic mass is 35.5. The lowest BCUT2D eigenvalue weighted by Crippen LogP contribution is -2.52. The minimum atomic E-state index is -0.574. The van der Waals surface area contributed by atoms with Crippen LogP contribution in [0.2, 0.25) is 5.02 Å². The summed E-state index contributed by atoms with van der Waals surface area (Å²) < 4.78 is 13.3.